The maximum atomic E-state index is 11.6. The molecule has 0 spiro atoms. The Kier molecular flexibility index (Phi) is 4.27. The molecule has 1 aliphatic heterocycles. The lowest BCUT2D eigenvalue weighted by Gasteiger charge is -2.18. The van der Waals surface area contributed by atoms with E-state index in [1.807, 2.05) is 0 Å². The van der Waals surface area contributed by atoms with Gasteiger partial charge in [-0.25, -0.2) is 12.7 Å². The zero-order valence-electron chi connectivity index (χ0n) is 12.3. The van der Waals surface area contributed by atoms with Gasteiger partial charge in [0.2, 0.25) is 21.7 Å². The van der Waals surface area contributed by atoms with Gasteiger partial charge in [-0.1, -0.05) is 5.16 Å². The van der Waals surface area contributed by atoms with Gasteiger partial charge in [0.25, 0.3) is 0 Å². The van der Waals surface area contributed by atoms with E-state index in [-0.39, 0.29) is 0 Å². The zero-order chi connectivity index (χ0) is 15.6. The minimum atomic E-state index is -3.13. The van der Waals surface area contributed by atoms with Crippen molar-refractivity contribution in [1.29, 1.82) is 0 Å². The summed E-state index contributed by atoms with van der Waals surface area (Å²) >= 11 is 0. The van der Waals surface area contributed by atoms with Crippen molar-refractivity contribution < 1.29 is 17.4 Å². The second-order valence-corrected chi connectivity index (χ2v) is 7.26. The summed E-state index contributed by atoms with van der Waals surface area (Å²) in [6.45, 7) is 2.98. The summed E-state index contributed by atoms with van der Waals surface area (Å²) in [5.74, 6) is 1.49. The smallest absolute Gasteiger partial charge is 0.241 e. The SMILES string of the molecule is CS(=O)(=O)N1CCCN(Cc2nc(-c3ccco3)no2)CC1. The summed E-state index contributed by atoms with van der Waals surface area (Å²) in [6, 6.07) is 3.53. The fourth-order valence-electron chi connectivity index (χ4n) is 2.45. The fraction of sp³-hybridized carbons (Fsp3) is 0.538. The van der Waals surface area contributed by atoms with E-state index < -0.39 is 10.0 Å². The van der Waals surface area contributed by atoms with Crippen LogP contribution < -0.4 is 0 Å². The van der Waals surface area contributed by atoms with Gasteiger partial charge in [-0.15, -0.1) is 0 Å². The standard InChI is InChI=1S/C13H18N4O4S/c1-22(18,19)17-6-3-5-16(7-8-17)10-12-14-13(15-21-12)11-4-2-9-20-11/h2,4,9H,3,5-8,10H2,1H3. The molecule has 2 aromatic heterocycles. The van der Waals surface area contributed by atoms with Crippen LogP contribution in [-0.2, 0) is 16.6 Å². The van der Waals surface area contributed by atoms with E-state index in [0.29, 0.717) is 43.7 Å². The van der Waals surface area contributed by atoms with E-state index in [2.05, 4.69) is 15.0 Å². The highest BCUT2D eigenvalue weighted by atomic mass is 32.2. The molecule has 0 aliphatic carbocycles. The number of rotatable bonds is 4. The Hall–Kier alpha value is -1.71. The number of nitrogens with zero attached hydrogens (tertiary/aromatic N) is 4. The minimum Gasteiger partial charge on any atom is -0.461 e. The van der Waals surface area contributed by atoms with Crippen LogP contribution in [0.25, 0.3) is 11.6 Å². The van der Waals surface area contributed by atoms with Gasteiger partial charge in [0.1, 0.15) is 0 Å². The van der Waals surface area contributed by atoms with Gasteiger partial charge in [-0.3, -0.25) is 4.90 Å². The van der Waals surface area contributed by atoms with Gasteiger partial charge in [0, 0.05) is 19.6 Å². The average Bonchev–Trinajstić information content (AvgIpc) is 3.06. The Morgan fingerprint density at radius 1 is 1.27 bits per heavy atom. The van der Waals surface area contributed by atoms with Crippen LogP contribution in [0.2, 0.25) is 0 Å². The zero-order valence-corrected chi connectivity index (χ0v) is 13.1. The average molecular weight is 326 g/mol. The summed E-state index contributed by atoms with van der Waals surface area (Å²) in [5, 5.41) is 3.89. The van der Waals surface area contributed by atoms with E-state index in [0.717, 1.165) is 13.0 Å². The molecule has 0 bridgehead atoms. The molecule has 9 heteroatoms. The molecule has 0 saturated carbocycles. The van der Waals surface area contributed by atoms with Crippen LogP contribution in [0.3, 0.4) is 0 Å². The van der Waals surface area contributed by atoms with Crippen molar-refractivity contribution in [2.45, 2.75) is 13.0 Å². The van der Waals surface area contributed by atoms with E-state index in [9.17, 15) is 8.42 Å². The molecule has 0 amide bonds. The second-order valence-electron chi connectivity index (χ2n) is 5.28. The third-order valence-electron chi connectivity index (χ3n) is 3.59. The van der Waals surface area contributed by atoms with Gasteiger partial charge in [-0.05, 0) is 25.1 Å². The van der Waals surface area contributed by atoms with Crippen LogP contribution in [0.15, 0.2) is 27.3 Å². The Labute approximate surface area is 128 Å². The molecule has 1 saturated heterocycles. The first-order chi connectivity index (χ1) is 10.5. The second kappa shape index (κ2) is 6.19. The molecule has 0 N–H and O–H groups in total. The highest BCUT2D eigenvalue weighted by Gasteiger charge is 2.22. The summed E-state index contributed by atoms with van der Waals surface area (Å²) in [5.41, 5.74) is 0. The van der Waals surface area contributed by atoms with Crippen LogP contribution in [0, 0.1) is 0 Å². The van der Waals surface area contributed by atoms with Gasteiger partial charge in [0.15, 0.2) is 5.76 Å². The molecular weight excluding hydrogens is 308 g/mol. The van der Waals surface area contributed by atoms with Crippen LogP contribution in [0.4, 0.5) is 0 Å². The van der Waals surface area contributed by atoms with Crippen molar-refractivity contribution in [3.8, 4) is 11.6 Å². The third-order valence-corrected chi connectivity index (χ3v) is 4.89. The van der Waals surface area contributed by atoms with Crippen LogP contribution in [0.5, 0.6) is 0 Å². The first-order valence-electron chi connectivity index (χ1n) is 7.06. The largest absolute Gasteiger partial charge is 0.461 e. The Bertz CT molecular complexity index is 710. The molecule has 0 aromatic carbocycles. The molecular formula is C13H18N4O4S. The van der Waals surface area contributed by atoms with E-state index in [4.69, 9.17) is 8.94 Å². The predicted molar refractivity (Wildman–Crippen MR) is 78.3 cm³/mol. The van der Waals surface area contributed by atoms with Crippen LogP contribution in [0.1, 0.15) is 12.3 Å². The Morgan fingerprint density at radius 3 is 2.86 bits per heavy atom. The minimum absolute atomic E-state index is 0.424. The summed E-state index contributed by atoms with van der Waals surface area (Å²) < 4.78 is 35.2. The van der Waals surface area contributed by atoms with Gasteiger partial charge >= 0.3 is 0 Å². The summed E-state index contributed by atoms with van der Waals surface area (Å²) in [4.78, 5) is 6.42. The molecule has 3 rings (SSSR count). The quantitative estimate of drug-likeness (QED) is 0.820. The predicted octanol–water partition coefficient (Wildman–Crippen LogP) is 0.797. The van der Waals surface area contributed by atoms with Crippen molar-refractivity contribution in [1.82, 2.24) is 19.3 Å². The van der Waals surface area contributed by atoms with Crippen molar-refractivity contribution in [3.63, 3.8) is 0 Å². The number of aromatic nitrogens is 2. The summed E-state index contributed by atoms with van der Waals surface area (Å²) in [6.07, 6.45) is 3.59. The first-order valence-corrected chi connectivity index (χ1v) is 8.91. The Balaban J connectivity index is 1.62. The lowest BCUT2D eigenvalue weighted by atomic mass is 10.4. The first kappa shape index (κ1) is 15.2. The monoisotopic (exact) mass is 326 g/mol. The molecule has 2 aromatic rings. The topological polar surface area (TPSA) is 92.7 Å². The van der Waals surface area contributed by atoms with Crippen molar-refractivity contribution in [3.05, 3.63) is 24.3 Å². The van der Waals surface area contributed by atoms with Gasteiger partial charge < -0.3 is 8.94 Å². The third kappa shape index (κ3) is 3.54. The lowest BCUT2D eigenvalue weighted by Crippen LogP contribution is -2.34. The highest BCUT2D eigenvalue weighted by Crippen LogP contribution is 2.17. The molecule has 0 unspecified atom stereocenters. The summed E-state index contributed by atoms with van der Waals surface area (Å²) in [7, 11) is -3.13. The molecule has 22 heavy (non-hydrogen) atoms. The van der Waals surface area contributed by atoms with E-state index in [1.165, 1.54) is 10.6 Å². The van der Waals surface area contributed by atoms with Crippen molar-refractivity contribution in [2.75, 3.05) is 32.4 Å². The molecule has 120 valence electrons. The number of furan rings is 1. The van der Waals surface area contributed by atoms with Crippen molar-refractivity contribution >= 4 is 10.0 Å². The maximum Gasteiger partial charge on any atom is 0.241 e. The molecule has 0 radical (unpaired) electrons. The maximum absolute atomic E-state index is 11.6. The van der Waals surface area contributed by atoms with E-state index in [1.54, 1.807) is 18.4 Å². The Morgan fingerprint density at radius 2 is 2.14 bits per heavy atom. The van der Waals surface area contributed by atoms with Crippen LogP contribution >= 0.6 is 0 Å². The van der Waals surface area contributed by atoms with Gasteiger partial charge in [-0.2, -0.15) is 4.98 Å². The van der Waals surface area contributed by atoms with Crippen LogP contribution in [-0.4, -0.2) is 60.2 Å². The van der Waals surface area contributed by atoms with E-state index >= 15 is 0 Å². The molecule has 0 atom stereocenters. The number of hydrogen-bond donors (Lipinski definition) is 0. The molecule has 1 aliphatic rings. The lowest BCUT2D eigenvalue weighted by molar-refractivity contribution is 0.236. The molecule has 3 heterocycles. The highest BCUT2D eigenvalue weighted by molar-refractivity contribution is 7.88. The van der Waals surface area contributed by atoms with Gasteiger partial charge in [0.05, 0.1) is 19.1 Å². The number of hydrogen-bond acceptors (Lipinski definition) is 7. The molecule has 1 fully saturated rings. The normalized spacial score (nSPS) is 18.4. The fourth-order valence-corrected chi connectivity index (χ4v) is 3.33. The molecule has 8 nitrogen and oxygen atoms in total. The number of sulfonamides is 1. The van der Waals surface area contributed by atoms with Crippen molar-refractivity contribution in [2.24, 2.45) is 0 Å².